The third-order valence-corrected chi connectivity index (χ3v) is 2.35. The lowest BCUT2D eigenvalue weighted by Gasteiger charge is -2.07. The third kappa shape index (κ3) is 1.98. The van der Waals surface area contributed by atoms with E-state index in [4.69, 9.17) is 9.47 Å². The number of pyridine rings is 1. The molecule has 0 unspecified atom stereocenters. The predicted molar refractivity (Wildman–Crippen MR) is 62.8 cm³/mol. The molecule has 0 amide bonds. The molecule has 1 aromatic carbocycles. The van der Waals surface area contributed by atoms with E-state index in [1.54, 1.807) is 20.4 Å². The molecular weight excluding hydrogens is 202 g/mol. The SMILES string of the molecule is COc1ccc(-c2ncccc2OC)cc1. The number of benzene rings is 1. The second-order valence-corrected chi connectivity index (χ2v) is 3.28. The van der Waals surface area contributed by atoms with Crippen LogP contribution in [-0.2, 0) is 0 Å². The van der Waals surface area contributed by atoms with Crippen molar-refractivity contribution in [1.82, 2.24) is 4.98 Å². The molecule has 0 N–H and O–H groups in total. The summed E-state index contributed by atoms with van der Waals surface area (Å²) >= 11 is 0. The molecule has 0 radical (unpaired) electrons. The Hall–Kier alpha value is -2.03. The highest BCUT2D eigenvalue weighted by atomic mass is 16.5. The summed E-state index contributed by atoms with van der Waals surface area (Å²) in [6.45, 7) is 0. The average molecular weight is 215 g/mol. The zero-order valence-electron chi connectivity index (χ0n) is 9.31. The van der Waals surface area contributed by atoms with E-state index in [9.17, 15) is 0 Å². The van der Waals surface area contributed by atoms with E-state index in [-0.39, 0.29) is 0 Å². The zero-order valence-corrected chi connectivity index (χ0v) is 9.31. The summed E-state index contributed by atoms with van der Waals surface area (Å²) < 4.78 is 10.4. The van der Waals surface area contributed by atoms with Crippen LogP contribution in [0.25, 0.3) is 11.3 Å². The van der Waals surface area contributed by atoms with Crippen molar-refractivity contribution in [3.8, 4) is 22.8 Å². The van der Waals surface area contributed by atoms with E-state index in [0.717, 1.165) is 22.8 Å². The van der Waals surface area contributed by atoms with Crippen LogP contribution in [-0.4, -0.2) is 19.2 Å². The van der Waals surface area contributed by atoms with Crippen molar-refractivity contribution >= 4 is 0 Å². The Bertz CT molecular complexity index is 466. The molecule has 2 rings (SSSR count). The Balaban J connectivity index is 2.42. The lowest BCUT2D eigenvalue weighted by Crippen LogP contribution is -1.90. The van der Waals surface area contributed by atoms with Crippen LogP contribution in [0.4, 0.5) is 0 Å². The maximum atomic E-state index is 5.26. The van der Waals surface area contributed by atoms with E-state index >= 15 is 0 Å². The first-order valence-corrected chi connectivity index (χ1v) is 4.98. The second-order valence-electron chi connectivity index (χ2n) is 3.28. The molecule has 0 aliphatic heterocycles. The number of hydrogen-bond donors (Lipinski definition) is 0. The highest BCUT2D eigenvalue weighted by Gasteiger charge is 2.05. The van der Waals surface area contributed by atoms with E-state index in [1.165, 1.54) is 0 Å². The van der Waals surface area contributed by atoms with Crippen molar-refractivity contribution < 1.29 is 9.47 Å². The van der Waals surface area contributed by atoms with Crippen LogP contribution in [0, 0.1) is 0 Å². The minimum atomic E-state index is 0.771. The topological polar surface area (TPSA) is 31.4 Å². The van der Waals surface area contributed by atoms with Gasteiger partial charge < -0.3 is 9.47 Å². The number of nitrogens with zero attached hydrogens (tertiary/aromatic N) is 1. The van der Waals surface area contributed by atoms with Crippen molar-refractivity contribution in [2.75, 3.05) is 14.2 Å². The maximum Gasteiger partial charge on any atom is 0.145 e. The minimum absolute atomic E-state index is 0.771. The third-order valence-electron chi connectivity index (χ3n) is 2.35. The first-order chi connectivity index (χ1) is 7.85. The molecule has 82 valence electrons. The lowest BCUT2D eigenvalue weighted by molar-refractivity contribution is 0.413. The van der Waals surface area contributed by atoms with E-state index < -0.39 is 0 Å². The number of hydrogen-bond acceptors (Lipinski definition) is 3. The highest BCUT2D eigenvalue weighted by molar-refractivity contribution is 5.66. The van der Waals surface area contributed by atoms with Crippen LogP contribution >= 0.6 is 0 Å². The largest absolute Gasteiger partial charge is 0.497 e. The molecule has 0 aliphatic rings. The van der Waals surface area contributed by atoms with Gasteiger partial charge in [0.2, 0.25) is 0 Å². The van der Waals surface area contributed by atoms with Crippen molar-refractivity contribution in [3.05, 3.63) is 42.6 Å². The van der Waals surface area contributed by atoms with Gasteiger partial charge in [0, 0.05) is 11.8 Å². The van der Waals surface area contributed by atoms with Crippen molar-refractivity contribution in [2.45, 2.75) is 0 Å². The molecule has 0 spiro atoms. The lowest BCUT2D eigenvalue weighted by atomic mass is 10.1. The van der Waals surface area contributed by atoms with Gasteiger partial charge in [-0.05, 0) is 36.4 Å². The Morgan fingerprint density at radius 1 is 0.938 bits per heavy atom. The Morgan fingerprint density at radius 3 is 2.31 bits per heavy atom. The van der Waals surface area contributed by atoms with Crippen LogP contribution in [0.1, 0.15) is 0 Å². The molecule has 1 heterocycles. The summed E-state index contributed by atoms with van der Waals surface area (Å²) in [4.78, 5) is 4.31. The molecule has 2 aromatic rings. The van der Waals surface area contributed by atoms with Gasteiger partial charge in [0.15, 0.2) is 0 Å². The predicted octanol–water partition coefficient (Wildman–Crippen LogP) is 2.77. The molecule has 0 aliphatic carbocycles. The minimum Gasteiger partial charge on any atom is -0.497 e. The van der Waals surface area contributed by atoms with Crippen LogP contribution < -0.4 is 9.47 Å². The van der Waals surface area contributed by atoms with Gasteiger partial charge in [0.1, 0.15) is 17.2 Å². The fourth-order valence-corrected chi connectivity index (χ4v) is 1.52. The molecule has 3 nitrogen and oxygen atoms in total. The van der Waals surface area contributed by atoms with Crippen LogP contribution in [0.2, 0.25) is 0 Å². The molecule has 0 saturated heterocycles. The molecular formula is C13H13NO2. The normalized spacial score (nSPS) is 9.88. The summed E-state index contributed by atoms with van der Waals surface area (Å²) in [5, 5.41) is 0. The van der Waals surface area contributed by atoms with Gasteiger partial charge in [-0.15, -0.1) is 0 Å². The standard InChI is InChI=1S/C13H13NO2/c1-15-11-7-5-10(6-8-11)13-12(16-2)4-3-9-14-13/h3-9H,1-2H3. The quantitative estimate of drug-likeness (QED) is 0.788. The van der Waals surface area contributed by atoms with Crippen molar-refractivity contribution in [3.63, 3.8) is 0 Å². The zero-order chi connectivity index (χ0) is 11.4. The summed E-state index contributed by atoms with van der Waals surface area (Å²) in [5.41, 5.74) is 1.85. The molecule has 0 atom stereocenters. The van der Waals surface area contributed by atoms with E-state index in [0.29, 0.717) is 0 Å². The van der Waals surface area contributed by atoms with Gasteiger partial charge >= 0.3 is 0 Å². The van der Waals surface area contributed by atoms with Gasteiger partial charge in [-0.3, -0.25) is 4.98 Å². The van der Waals surface area contributed by atoms with Gasteiger partial charge in [0.25, 0.3) is 0 Å². The first-order valence-electron chi connectivity index (χ1n) is 4.98. The van der Waals surface area contributed by atoms with E-state index in [1.807, 2.05) is 36.4 Å². The average Bonchev–Trinajstić information content (AvgIpc) is 2.39. The Morgan fingerprint density at radius 2 is 1.69 bits per heavy atom. The summed E-state index contributed by atoms with van der Waals surface area (Å²) in [5.74, 6) is 1.60. The molecule has 0 fully saturated rings. The monoisotopic (exact) mass is 215 g/mol. The van der Waals surface area contributed by atoms with Crippen molar-refractivity contribution in [1.29, 1.82) is 0 Å². The molecule has 3 heteroatoms. The second kappa shape index (κ2) is 4.66. The fourth-order valence-electron chi connectivity index (χ4n) is 1.52. The number of ether oxygens (including phenoxy) is 2. The van der Waals surface area contributed by atoms with Gasteiger partial charge in [0.05, 0.1) is 14.2 Å². The van der Waals surface area contributed by atoms with Gasteiger partial charge in [-0.2, -0.15) is 0 Å². The Labute approximate surface area is 94.7 Å². The van der Waals surface area contributed by atoms with Crippen LogP contribution in [0.5, 0.6) is 11.5 Å². The van der Waals surface area contributed by atoms with Crippen molar-refractivity contribution in [2.24, 2.45) is 0 Å². The van der Waals surface area contributed by atoms with Gasteiger partial charge in [-0.25, -0.2) is 0 Å². The summed E-state index contributed by atoms with van der Waals surface area (Å²) in [7, 11) is 3.29. The number of methoxy groups -OCH3 is 2. The molecule has 1 aromatic heterocycles. The van der Waals surface area contributed by atoms with Gasteiger partial charge in [-0.1, -0.05) is 0 Å². The van der Waals surface area contributed by atoms with E-state index in [2.05, 4.69) is 4.98 Å². The molecule has 0 saturated carbocycles. The van der Waals surface area contributed by atoms with Crippen LogP contribution in [0.3, 0.4) is 0 Å². The van der Waals surface area contributed by atoms with Crippen LogP contribution in [0.15, 0.2) is 42.6 Å². The number of aromatic nitrogens is 1. The maximum absolute atomic E-state index is 5.26. The summed E-state index contributed by atoms with van der Waals surface area (Å²) in [6, 6.07) is 11.5. The smallest absolute Gasteiger partial charge is 0.145 e. The highest BCUT2D eigenvalue weighted by Crippen LogP contribution is 2.28. The number of rotatable bonds is 3. The molecule has 16 heavy (non-hydrogen) atoms. The Kier molecular flexibility index (Phi) is 3.05. The fraction of sp³-hybridized carbons (Fsp3) is 0.154. The first kappa shape index (κ1) is 10.5. The molecule has 0 bridgehead atoms. The summed E-state index contributed by atoms with van der Waals surface area (Å²) in [6.07, 6.45) is 1.75.